The number of hydrogen-bond donors (Lipinski definition) is 1. The molecule has 1 aromatic rings. The zero-order chi connectivity index (χ0) is 15.3. The fraction of sp³-hybridized carbons (Fsp3) is 0.647. The van der Waals surface area contributed by atoms with E-state index in [9.17, 15) is 4.39 Å². The van der Waals surface area contributed by atoms with Gasteiger partial charge in [-0.2, -0.15) is 0 Å². The zero-order valence-corrected chi connectivity index (χ0v) is 13.4. The van der Waals surface area contributed by atoms with Crippen LogP contribution in [0.15, 0.2) is 24.3 Å². The third kappa shape index (κ3) is 4.42. The standard InChI is InChI=1S/C17H27FN2O/c1-4-20(16-7-5-15(18)6-8-16)12-17(9-10-21-13-17)11-19-14(2)3/h5-8,14,19H,4,9-13H2,1-3H3. The summed E-state index contributed by atoms with van der Waals surface area (Å²) in [6.07, 6.45) is 1.07. The van der Waals surface area contributed by atoms with E-state index in [4.69, 9.17) is 4.74 Å². The van der Waals surface area contributed by atoms with Crippen LogP contribution in [0.3, 0.4) is 0 Å². The maximum atomic E-state index is 13.1. The van der Waals surface area contributed by atoms with Crippen molar-refractivity contribution < 1.29 is 9.13 Å². The van der Waals surface area contributed by atoms with Gasteiger partial charge in [0.1, 0.15) is 5.82 Å². The number of rotatable bonds is 7. The Hall–Kier alpha value is -1.13. The smallest absolute Gasteiger partial charge is 0.123 e. The lowest BCUT2D eigenvalue weighted by atomic mass is 9.86. The summed E-state index contributed by atoms with van der Waals surface area (Å²) in [7, 11) is 0. The Morgan fingerprint density at radius 2 is 2.05 bits per heavy atom. The Morgan fingerprint density at radius 3 is 2.57 bits per heavy atom. The van der Waals surface area contributed by atoms with Gasteiger partial charge in [-0.1, -0.05) is 13.8 Å². The lowest BCUT2D eigenvalue weighted by Gasteiger charge is -2.36. The maximum absolute atomic E-state index is 13.1. The normalized spacial score (nSPS) is 22.0. The highest BCUT2D eigenvalue weighted by Gasteiger charge is 2.36. The van der Waals surface area contributed by atoms with E-state index in [0.29, 0.717) is 6.04 Å². The van der Waals surface area contributed by atoms with E-state index in [1.807, 2.05) is 12.1 Å². The van der Waals surface area contributed by atoms with Crippen LogP contribution >= 0.6 is 0 Å². The summed E-state index contributed by atoms with van der Waals surface area (Å²) < 4.78 is 18.8. The molecule has 0 aromatic heterocycles. The molecule has 118 valence electrons. The van der Waals surface area contributed by atoms with Gasteiger partial charge in [0.15, 0.2) is 0 Å². The molecule has 1 aromatic carbocycles. The van der Waals surface area contributed by atoms with E-state index >= 15 is 0 Å². The summed E-state index contributed by atoms with van der Waals surface area (Å²) in [4.78, 5) is 2.32. The summed E-state index contributed by atoms with van der Waals surface area (Å²) in [5.74, 6) is -0.185. The van der Waals surface area contributed by atoms with Crippen LogP contribution < -0.4 is 10.2 Å². The highest BCUT2D eigenvalue weighted by molar-refractivity contribution is 5.46. The average Bonchev–Trinajstić information content (AvgIpc) is 2.93. The Kier molecular flexibility index (Phi) is 5.59. The second-order valence-electron chi connectivity index (χ2n) is 6.33. The van der Waals surface area contributed by atoms with Gasteiger partial charge in [-0.05, 0) is 37.6 Å². The van der Waals surface area contributed by atoms with E-state index in [-0.39, 0.29) is 11.2 Å². The molecule has 0 aliphatic carbocycles. The molecule has 0 radical (unpaired) electrons. The molecule has 0 amide bonds. The molecule has 2 rings (SSSR count). The van der Waals surface area contributed by atoms with Crippen molar-refractivity contribution in [3.05, 3.63) is 30.1 Å². The molecule has 1 N–H and O–H groups in total. The van der Waals surface area contributed by atoms with Gasteiger partial charge in [-0.3, -0.25) is 0 Å². The first kappa shape index (κ1) is 16.2. The molecule has 0 bridgehead atoms. The number of nitrogens with one attached hydrogen (secondary N) is 1. The molecular formula is C17H27FN2O. The van der Waals surface area contributed by atoms with Crippen LogP contribution in [0.2, 0.25) is 0 Å². The Bertz CT molecular complexity index is 427. The minimum Gasteiger partial charge on any atom is -0.381 e. The average molecular weight is 294 g/mol. The van der Waals surface area contributed by atoms with Crippen LogP contribution in [0.5, 0.6) is 0 Å². The van der Waals surface area contributed by atoms with E-state index in [1.165, 1.54) is 12.1 Å². The molecule has 1 heterocycles. The second-order valence-corrected chi connectivity index (χ2v) is 6.33. The van der Waals surface area contributed by atoms with Crippen LogP contribution in [-0.4, -0.2) is 38.9 Å². The minimum atomic E-state index is -0.185. The van der Waals surface area contributed by atoms with Gasteiger partial charge in [0.05, 0.1) is 6.61 Å². The van der Waals surface area contributed by atoms with E-state index < -0.39 is 0 Å². The summed E-state index contributed by atoms with van der Waals surface area (Å²) in [5, 5.41) is 3.55. The summed E-state index contributed by atoms with van der Waals surface area (Å²) >= 11 is 0. The molecule has 1 saturated heterocycles. The predicted octanol–water partition coefficient (Wildman–Crippen LogP) is 3.06. The predicted molar refractivity (Wildman–Crippen MR) is 85.3 cm³/mol. The number of halogens is 1. The number of anilines is 1. The minimum absolute atomic E-state index is 0.147. The molecule has 1 fully saturated rings. The number of benzene rings is 1. The molecule has 1 aliphatic rings. The molecule has 1 atom stereocenters. The largest absolute Gasteiger partial charge is 0.381 e. The first-order valence-corrected chi connectivity index (χ1v) is 7.86. The summed E-state index contributed by atoms with van der Waals surface area (Å²) in [6.45, 7) is 10.9. The molecule has 3 nitrogen and oxygen atoms in total. The molecule has 0 saturated carbocycles. The van der Waals surface area contributed by atoms with Crippen molar-refractivity contribution in [3.8, 4) is 0 Å². The van der Waals surface area contributed by atoms with Crippen LogP contribution in [0.4, 0.5) is 10.1 Å². The lowest BCUT2D eigenvalue weighted by Crippen LogP contribution is -2.46. The van der Waals surface area contributed by atoms with Gasteiger partial charge in [-0.25, -0.2) is 4.39 Å². The van der Waals surface area contributed by atoms with Crippen molar-refractivity contribution in [2.75, 3.05) is 37.7 Å². The number of hydrogen-bond acceptors (Lipinski definition) is 3. The van der Waals surface area contributed by atoms with Crippen LogP contribution in [0.1, 0.15) is 27.2 Å². The van der Waals surface area contributed by atoms with Gasteiger partial charge in [0.25, 0.3) is 0 Å². The number of nitrogens with zero attached hydrogens (tertiary/aromatic N) is 1. The van der Waals surface area contributed by atoms with Gasteiger partial charge >= 0.3 is 0 Å². The van der Waals surface area contributed by atoms with Crippen molar-refractivity contribution in [3.63, 3.8) is 0 Å². The molecule has 1 unspecified atom stereocenters. The van der Waals surface area contributed by atoms with Gasteiger partial charge < -0.3 is 15.0 Å². The highest BCUT2D eigenvalue weighted by atomic mass is 19.1. The van der Waals surface area contributed by atoms with Gasteiger partial charge in [0.2, 0.25) is 0 Å². The van der Waals surface area contributed by atoms with Gasteiger partial charge in [0, 0.05) is 43.4 Å². The van der Waals surface area contributed by atoms with Crippen molar-refractivity contribution in [1.29, 1.82) is 0 Å². The fourth-order valence-electron chi connectivity index (χ4n) is 2.83. The number of ether oxygens (including phenoxy) is 1. The first-order chi connectivity index (χ1) is 10.0. The third-order valence-electron chi connectivity index (χ3n) is 4.17. The van der Waals surface area contributed by atoms with Crippen LogP contribution in [0.25, 0.3) is 0 Å². The Labute approximate surface area is 127 Å². The van der Waals surface area contributed by atoms with Crippen LogP contribution in [0, 0.1) is 11.2 Å². The second kappa shape index (κ2) is 7.23. The Balaban J connectivity index is 2.08. The van der Waals surface area contributed by atoms with Crippen molar-refractivity contribution in [2.45, 2.75) is 33.2 Å². The quantitative estimate of drug-likeness (QED) is 0.836. The van der Waals surface area contributed by atoms with Crippen molar-refractivity contribution in [1.82, 2.24) is 5.32 Å². The van der Waals surface area contributed by atoms with Gasteiger partial charge in [-0.15, -0.1) is 0 Å². The summed E-state index contributed by atoms with van der Waals surface area (Å²) in [6, 6.07) is 7.25. The Morgan fingerprint density at radius 1 is 1.33 bits per heavy atom. The topological polar surface area (TPSA) is 24.5 Å². The van der Waals surface area contributed by atoms with E-state index in [1.54, 1.807) is 0 Å². The molecule has 0 spiro atoms. The molecule has 1 aliphatic heterocycles. The molecule has 4 heteroatoms. The molecule has 21 heavy (non-hydrogen) atoms. The monoisotopic (exact) mass is 294 g/mol. The lowest BCUT2D eigenvalue weighted by molar-refractivity contribution is 0.150. The molecular weight excluding hydrogens is 267 g/mol. The van der Waals surface area contributed by atoms with E-state index in [2.05, 4.69) is 31.0 Å². The maximum Gasteiger partial charge on any atom is 0.123 e. The fourth-order valence-corrected chi connectivity index (χ4v) is 2.83. The summed E-state index contributed by atoms with van der Waals surface area (Å²) in [5.41, 5.74) is 1.23. The highest BCUT2D eigenvalue weighted by Crippen LogP contribution is 2.31. The third-order valence-corrected chi connectivity index (χ3v) is 4.17. The van der Waals surface area contributed by atoms with Crippen LogP contribution in [-0.2, 0) is 4.74 Å². The zero-order valence-electron chi connectivity index (χ0n) is 13.4. The van der Waals surface area contributed by atoms with Crippen molar-refractivity contribution in [2.24, 2.45) is 5.41 Å². The van der Waals surface area contributed by atoms with E-state index in [0.717, 1.165) is 45.0 Å². The van der Waals surface area contributed by atoms with Crippen molar-refractivity contribution >= 4 is 5.69 Å². The SMILES string of the molecule is CCN(CC1(CNC(C)C)CCOC1)c1ccc(F)cc1. The first-order valence-electron chi connectivity index (χ1n) is 7.86.